The summed E-state index contributed by atoms with van der Waals surface area (Å²) in [6.45, 7) is 4.71. The summed E-state index contributed by atoms with van der Waals surface area (Å²) in [4.78, 5) is 26.5. The predicted molar refractivity (Wildman–Crippen MR) is 135 cm³/mol. The molecule has 3 rings (SSSR count). The number of hydrogen-bond donors (Lipinski definition) is 3. The largest absolute Gasteiger partial charge is 0.326 e. The molecule has 0 spiro atoms. The third kappa shape index (κ3) is 6.55. The minimum atomic E-state index is -3.98. The van der Waals surface area contributed by atoms with Crippen LogP contribution in [-0.2, 0) is 14.8 Å². The number of amides is 3. The van der Waals surface area contributed by atoms with Gasteiger partial charge in [0.05, 0.1) is 11.1 Å². The van der Waals surface area contributed by atoms with Crippen molar-refractivity contribution in [2.45, 2.75) is 18.7 Å². The van der Waals surface area contributed by atoms with Gasteiger partial charge in [-0.05, 0) is 50.2 Å². The van der Waals surface area contributed by atoms with Crippen LogP contribution in [-0.4, -0.2) is 55.7 Å². The molecule has 2 aromatic rings. The van der Waals surface area contributed by atoms with Gasteiger partial charge in [-0.2, -0.15) is 11.8 Å². The molecule has 0 bridgehead atoms. The molecular formula is C22H27ClN4O4S2. The van der Waals surface area contributed by atoms with Crippen molar-refractivity contribution in [3.8, 4) is 0 Å². The first kappa shape index (κ1) is 25.2. The number of anilines is 3. The molecule has 3 amide bonds. The molecule has 0 unspecified atom stereocenters. The topological polar surface area (TPSA) is 108 Å². The van der Waals surface area contributed by atoms with Gasteiger partial charge in [-0.25, -0.2) is 13.2 Å². The molecule has 0 atom stereocenters. The second-order valence-electron chi connectivity index (χ2n) is 8.18. The van der Waals surface area contributed by atoms with Gasteiger partial charge in [-0.15, -0.1) is 11.6 Å². The maximum absolute atomic E-state index is 13.0. The van der Waals surface area contributed by atoms with E-state index in [-0.39, 0.29) is 28.4 Å². The first-order valence-corrected chi connectivity index (χ1v) is 13.5. The van der Waals surface area contributed by atoms with E-state index in [1.165, 1.54) is 6.07 Å². The summed E-state index contributed by atoms with van der Waals surface area (Å²) in [6.07, 6.45) is 0. The Labute approximate surface area is 203 Å². The van der Waals surface area contributed by atoms with Crippen molar-refractivity contribution in [2.24, 2.45) is 5.41 Å². The number of urea groups is 1. The number of rotatable bonds is 7. The van der Waals surface area contributed by atoms with Crippen molar-refractivity contribution in [2.75, 3.05) is 45.8 Å². The summed E-state index contributed by atoms with van der Waals surface area (Å²) < 4.78 is 28.6. The highest BCUT2D eigenvalue weighted by Gasteiger charge is 2.26. The van der Waals surface area contributed by atoms with E-state index >= 15 is 0 Å². The van der Waals surface area contributed by atoms with Crippen molar-refractivity contribution in [3.63, 3.8) is 0 Å². The molecule has 1 heterocycles. The number of carbonyl (C=O) groups is 2. The minimum Gasteiger partial charge on any atom is -0.326 e. The minimum absolute atomic E-state index is 0.0361. The zero-order chi connectivity index (χ0) is 24.1. The summed E-state index contributed by atoms with van der Waals surface area (Å²) in [7, 11) is -3.98. The van der Waals surface area contributed by atoms with Crippen LogP contribution in [0.15, 0.2) is 53.4 Å². The molecule has 1 fully saturated rings. The van der Waals surface area contributed by atoms with Gasteiger partial charge < -0.3 is 15.5 Å². The lowest BCUT2D eigenvalue weighted by Gasteiger charge is -2.27. The number of para-hydroxylation sites is 1. The van der Waals surface area contributed by atoms with E-state index < -0.39 is 15.4 Å². The Morgan fingerprint density at radius 3 is 2.24 bits per heavy atom. The van der Waals surface area contributed by atoms with Gasteiger partial charge in [-0.1, -0.05) is 12.1 Å². The first-order valence-electron chi connectivity index (χ1n) is 10.4. The Morgan fingerprint density at radius 2 is 1.61 bits per heavy atom. The standard InChI is InChI=1S/C22H27ClN4O4S2/c1-22(2,15-23)20(28)24-16-7-9-17(10-8-16)26-33(30,31)19-6-4-3-5-18(19)25-21(29)27-11-13-32-14-12-27/h3-10,26H,11-15H2,1-2H3,(H,24,28)(H,25,29). The van der Waals surface area contributed by atoms with Gasteiger partial charge in [0.25, 0.3) is 10.0 Å². The van der Waals surface area contributed by atoms with Gasteiger partial charge in [0.1, 0.15) is 4.90 Å². The molecule has 0 aromatic heterocycles. The van der Waals surface area contributed by atoms with Crippen molar-refractivity contribution < 1.29 is 18.0 Å². The van der Waals surface area contributed by atoms with Crippen LogP contribution < -0.4 is 15.4 Å². The summed E-state index contributed by atoms with van der Waals surface area (Å²) in [5.74, 6) is 1.65. The summed E-state index contributed by atoms with van der Waals surface area (Å²) in [5.41, 5.74) is 0.316. The molecular weight excluding hydrogens is 484 g/mol. The SMILES string of the molecule is CC(C)(CCl)C(=O)Nc1ccc(NS(=O)(=O)c2ccccc2NC(=O)N2CCSCC2)cc1. The lowest BCUT2D eigenvalue weighted by molar-refractivity contribution is -0.122. The lowest BCUT2D eigenvalue weighted by Crippen LogP contribution is -2.40. The molecule has 178 valence electrons. The summed E-state index contributed by atoms with van der Waals surface area (Å²) in [5, 5.41) is 5.49. The number of thioether (sulfide) groups is 1. The van der Waals surface area contributed by atoms with E-state index in [1.54, 1.807) is 73.0 Å². The van der Waals surface area contributed by atoms with Crippen LogP contribution in [0.3, 0.4) is 0 Å². The van der Waals surface area contributed by atoms with Crippen molar-refractivity contribution in [1.29, 1.82) is 0 Å². The highest BCUT2D eigenvalue weighted by molar-refractivity contribution is 7.99. The molecule has 33 heavy (non-hydrogen) atoms. The highest BCUT2D eigenvalue weighted by atomic mass is 35.5. The number of nitrogens with one attached hydrogen (secondary N) is 3. The van der Waals surface area contributed by atoms with Crippen molar-refractivity contribution in [3.05, 3.63) is 48.5 Å². The third-order valence-corrected chi connectivity index (χ3v) is 8.11. The van der Waals surface area contributed by atoms with E-state index in [0.717, 1.165) is 11.5 Å². The normalized spacial score (nSPS) is 14.5. The van der Waals surface area contributed by atoms with E-state index in [2.05, 4.69) is 15.4 Å². The van der Waals surface area contributed by atoms with Gasteiger partial charge in [-0.3, -0.25) is 9.52 Å². The fourth-order valence-electron chi connectivity index (χ4n) is 2.96. The smallest absolute Gasteiger partial charge is 0.321 e. The number of halogens is 1. The van der Waals surface area contributed by atoms with Gasteiger partial charge in [0.15, 0.2) is 0 Å². The predicted octanol–water partition coefficient (Wildman–Crippen LogP) is 4.27. The van der Waals surface area contributed by atoms with Crippen LogP contribution in [0.2, 0.25) is 0 Å². The van der Waals surface area contributed by atoms with E-state index in [9.17, 15) is 18.0 Å². The summed E-state index contributed by atoms with van der Waals surface area (Å²) in [6, 6.07) is 12.2. The first-order chi connectivity index (χ1) is 15.6. The third-order valence-electron chi connectivity index (χ3n) is 5.06. The molecule has 2 aromatic carbocycles. The van der Waals surface area contributed by atoms with Crippen LogP contribution in [0.1, 0.15) is 13.8 Å². The Balaban J connectivity index is 1.72. The Morgan fingerprint density at radius 1 is 1.00 bits per heavy atom. The van der Waals surface area contributed by atoms with Crippen molar-refractivity contribution in [1.82, 2.24) is 4.90 Å². The van der Waals surface area contributed by atoms with Crippen molar-refractivity contribution >= 4 is 62.4 Å². The Hall–Kier alpha value is -2.43. The average Bonchev–Trinajstić information content (AvgIpc) is 2.81. The number of nitrogens with zero attached hydrogens (tertiary/aromatic N) is 1. The number of carbonyl (C=O) groups excluding carboxylic acids is 2. The highest BCUT2D eigenvalue weighted by Crippen LogP contribution is 2.26. The fourth-order valence-corrected chi connectivity index (χ4v) is 5.20. The number of hydrogen-bond acceptors (Lipinski definition) is 5. The van der Waals surface area contributed by atoms with E-state index in [4.69, 9.17) is 11.6 Å². The number of benzene rings is 2. The monoisotopic (exact) mass is 510 g/mol. The van der Waals surface area contributed by atoms with Crippen LogP contribution >= 0.6 is 23.4 Å². The zero-order valence-corrected chi connectivity index (χ0v) is 20.8. The maximum Gasteiger partial charge on any atom is 0.321 e. The lowest BCUT2D eigenvalue weighted by atomic mass is 9.95. The van der Waals surface area contributed by atoms with Crippen LogP contribution in [0, 0.1) is 5.41 Å². The molecule has 0 saturated carbocycles. The van der Waals surface area contributed by atoms with E-state index in [1.807, 2.05) is 0 Å². The van der Waals surface area contributed by atoms with Crippen LogP contribution in [0.4, 0.5) is 21.9 Å². The second-order valence-corrected chi connectivity index (χ2v) is 11.3. The molecule has 0 radical (unpaired) electrons. The van der Waals surface area contributed by atoms with Gasteiger partial charge in [0, 0.05) is 41.8 Å². The molecule has 8 nitrogen and oxygen atoms in total. The van der Waals surface area contributed by atoms with Gasteiger partial charge >= 0.3 is 6.03 Å². The average molecular weight is 511 g/mol. The molecule has 3 N–H and O–H groups in total. The number of sulfonamides is 1. The zero-order valence-electron chi connectivity index (χ0n) is 18.4. The van der Waals surface area contributed by atoms with Crippen LogP contribution in [0.25, 0.3) is 0 Å². The van der Waals surface area contributed by atoms with E-state index in [0.29, 0.717) is 24.5 Å². The maximum atomic E-state index is 13.0. The Kier molecular flexibility index (Phi) is 8.14. The molecule has 1 aliphatic rings. The van der Waals surface area contributed by atoms with Gasteiger partial charge in [0.2, 0.25) is 5.91 Å². The quantitative estimate of drug-likeness (QED) is 0.482. The molecule has 1 aliphatic heterocycles. The number of alkyl halides is 1. The fraction of sp³-hybridized carbons (Fsp3) is 0.364. The second kappa shape index (κ2) is 10.7. The summed E-state index contributed by atoms with van der Waals surface area (Å²) >= 11 is 7.61. The molecule has 1 saturated heterocycles. The molecule has 0 aliphatic carbocycles. The Bertz CT molecular complexity index is 1100. The van der Waals surface area contributed by atoms with Crippen LogP contribution in [0.5, 0.6) is 0 Å². The molecule has 11 heteroatoms.